The van der Waals surface area contributed by atoms with Gasteiger partial charge in [0.25, 0.3) is 0 Å². The van der Waals surface area contributed by atoms with Gasteiger partial charge in [-0.3, -0.25) is 10.2 Å². The predicted molar refractivity (Wildman–Crippen MR) is 66.2 cm³/mol. The first-order valence-electron chi connectivity index (χ1n) is 5.56. The smallest absolute Gasteiger partial charge is 0.235 e. The van der Waals surface area contributed by atoms with Crippen LogP contribution in [0.4, 0.5) is 0 Å². The minimum Gasteiger partial charge on any atom is -0.494 e. The van der Waals surface area contributed by atoms with Crippen LogP contribution in [0.1, 0.15) is 30.5 Å². The SMILES string of the molecule is CCOc1ccc(C(N)CC(=O)NN)cc1C. The summed E-state index contributed by atoms with van der Waals surface area (Å²) in [6.45, 7) is 4.51. The summed E-state index contributed by atoms with van der Waals surface area (Å²) in [5.74, 6) is 5.58. The highest BCUT2D eigenvalue weighted by molar-refractivity contribution is 5.76. The van der Waals surface area contributed by atoms with E-state index in [1.54, 1.807) is 0 Å². The number of rotatable bonds is 5. The van der Waals surface area contributed by atoms with E-state index in [1.165, 1.54) is 0 Å². The summed E-state index contributed by atoms with van der Waals surface area (Å²) in [7, 11) is 0. The highest BCUT2D eigenvalue weighted by atomic mass is 16.5. The molecule has 0 fully saturated rings. The summed E-state index contributed by atoms with van der Waals surface area (Å²) in [5, 5.41) is 0. The van der Waals surface area contributed by atoms with Crippen molar-refractivity contribution in [3.63, 3.8) is 0 Å². The monoisotopic (exact) mass is 237 g/mol. The van der Waals surface area contributed by atoms with Crippen molar-refractivity contribution in [3.8, 4) is 5.75 Å². The maximum Gasteiger partial charge on any atom is 0.235 e. The molecule has 0 saturated carbocycles. The second-order valence-electron chi connectivity index (χ2n) is 3.84. The number of hydrogen-bond acceptors (Lipinski definition) is 4. The molecule has 1 aromatic rings. The largest absolute Gasteiger partial charge is 0.494 e. The summed E-state index contributed by atoms with van der Waals surface area (Å²) in [5.41, 5.74) is 9.88. The van der Waals surface area contributed by atoms with Gasteiger partial charge in [-0.25, -0.2) is 5.84 Å². The maximum absolute atomic E-state index is 11.1. The third-order valence-corrected chi connectivity index (χ3v) is 2.49. The minimum atomic E-state index is -0.354. The number of carbonyl (C=O) groups excluding carboxylic acids is 1. The van der Waals surface area contributed by atoms with Gasteiger partial charge >= 0.3 is 0 Å². The van der Waals surface area contributed by atoms with E-state index in [4.69, 9.17) is 16.3 Å². The molecule has 1 atom stereocenters. The molecule has 17 heavy (non-hydrogen) atoms. The number of amides is 1. The van der Waals surface area contributed by atoms with Gasteiger partial charge in [-0.2, -0.15) is 0 Å². The van der Waals surface area contributed by atoms with Gasteiger partial charge in [0.1, 0.15) is 5.75 Å². The van der Waals surface area contributed by atoms with Crippen molar-refractivity contribution in [2.75, 3.05) is 6.61 Å². The average molecular weight is 237 g/mol. The van der Waals surface area contributed by atoms with E-state index in [9.17, 15) is 4.79 Å². The van der Waals surface area contributed by atoms with Gasteiger partial charge in [-0.1, -0.05) is 12.1 Å². The molecule has 0 aromatic heterocycles. The number of benzene rings is 1. The Morgan fingerprint density at radius 2 is 2.24 bits per heavy atom. The molecule has 5 nitrogen and oxygen atoms in total. The molecule has 1 rings (SSSR count). The fraction of sp³-hybridized carbons (Fsp3) is 0.417. The van der Waals surface area contributed by atoms with Crippen LogP contribution in [0.25, 0.3) is 0 Å². The van der Waals surface area contributed by atoms with Crippen LogP contribution in [0.15, 0.2) is 18.2 Å². The lowest BCUT2D eigenvalue weighted by molar-refractivity contribution is -0.121. The van der Waals surface area contributed by atoms with Crippen molar-refractivity contribution in [3.05, 3.63) is 29.3 Å². The fourth-order valence-corrected chi connectivity index (χ4v) is 1.60. The molecule has 1 amide bonds. The van der Waals surface area contributed by atoms with Crippen molar-refractivity contribution in [1.82, 2.24) is 5.43 Å². The zero-order chi connectivity index (χ0) is 12.8. The highest BCUT2D eigenvalue weighted by Crippen LogP contribution is 2.23. The Balaban J connectivity index is 2.78. The number of aryl methyl sites for hydroxylation is 1. The number of carbonyl (C=O) groups is 1. The number of hydrogen-bond donors (Lipinski definition) is 3. The van der Waals surface area contributed by atoms with E-state index in [2.05, 4.69) is 5.43 Å². The van der Waals surface area contributed by atoms with Crippen LogP contribution in [0, 0.1) is 6.92 Å². The van der Waals surface area contributed by atoms with Crippen molar-refractivity contribution in [2.24, 2.45) is 11.6 Å². The zero-order valence-corrected chi connectivity index (χ0v) is 10.2. The predicted octanol–water partition coefficient (Wildman–Crippen LogP) is 0.774. The zero-order valence-electron chi connectivity index (χ0n) is 10.2. The van der Waals surface area contributed by atoms with Crippen molar-refractivity contribution in [2.45, 2.75) is 26.3 Å². The molecule has 0 spiro atoms. The van der Waals surface area contributed by atoms with E-state index >= 15 is 0 Å². The van der Waals surface area contributed by atoms with Crippen LogP contribution in [-0.4, -0.2) is 12.5 Å². The molecule has 0 saturated heterocycles. The molecule has 0 heterocycles. The topological polar surface area (TPSA) is 90.4 Å². The summed E-state index contributed by atoms with van der Waals surface area (Å²) < 4.78 is 5.43. The molecule has 0 bridgehead atoms. The lowest BCUT2D eigenvalue weighted by Crippen LogP contribution is -2.32. The average Bonchev–Trinajstić information content (AvgIpc) is 2.31. The van der Waals surface area contributed by atoms with E-state index in [1.807, 2.05) is 32.0 Å². The van der Waals surface area contributed by atoms with Crippen LogP contribution >= 0.6 is 0 Å². The van der Waals surface area contributed by atoms with E-state index < -0.39 is 0 Å². The van der Waals surface area contributed by atoms with Gasteiger partial charge in [0.2, 0.25) is 5.91 Å². The first kappa shape index (κ1) is 13.5. The lowest BCUT2D eigenvalue weighted by atomic mass is 10.0. The van der Waals surface area contributed by atoms with E-state index in [0.29, 0.717) is 6.61 Å². The molecule has 0 aliphatic carbocycles. The first-order valence-corrected chi connectivity index (χ1v) is 5.56. The van der Waals surface area contributed by atoms with Crippen molar-refractivity contribution in [1.29, 1.82) is 0 Å². The van der Waals surface area contributed by atoms with Crippen LogP contribution in [0.3, 0.4) is 0 Å². The maximum atomic E-state index is 11.1. The van der Waals surface area contributed by atoms with Gasteiger partial charge in [0.15, 0.2) is 0 Å². The van der Waals surface area contributed by atoms with Gasteiger partial charge in [0.05, 0.1) is 6.61 Å². The third kappa shape index (κ3) is 3.72. The quantitative estimate of drug-likeness (QED) is 0.401. The van der Waals surface area contributed by atoms with Crippen molar-refractivity contribution < 1.29 is 9.53 Å². The van der Waals surface area contributed by atoms with Crippen LogP contribution in [0.5, 0.6) is 5.75 Å². The molecule has 0 aliphatic heterocycles. The Kier molecular flexibility index (Phi) is 4.93. The Bertz CT molecular complexity index is 393. The Morgan fingerprint density at radius 3 is 2.76 bits per heavy atom. The van der Waals surface area contributed by atoms with Crippen LogP contribution in [0.2, 0.25) is 0 Å². The number of nitrogens with one attached hydrogen (secondary N) is 1. The molecule has 5 N–H and O–H groups in total. The number of nitrogens with two attached hydrogens (primary N) is 2. The summed E-state index contributed by atoms with van der Waals surface area (Å²) >= 11 is 0. The summed E-state index contributed by atoms with van der Waals surface area (Å²) in [6.07, 6.45) is 0.171. The van der Waals surface area contributed by atoms with Gasteiger partial charge < -0.3 is 10.5 Å². The lowest BCUT2D eigenvalue weighted by Gasteiger charge is -2.14. The third-order valence-electron chi connectivity index (χ3n) is 2.49. The molecule has 5 heteroatoms. The van der Waals surface area contributed by atoms with Crippen molar-refractivity contribution >= 4 is 5.91 Å². The Morgan fingerprint density at radius 1 is 1.53 bits per heavy atom. The first-order chi connectivity index (χ1) is 8.08. The van der Waals surface area contributed by atoms with Gasteiger partial charge in [0, 0.05) is 12.5 Å². The normalized spacial score (nSPS) is 12.0. The second-order valence-corrected chi connectivity index (χ2v) is 3.84. The molecular weight excluding hydrogens is 218 g/mol. The number of ether oxygens (including phenoxy) is 1. The molecule has 0 radical (unpaired) electrons. The standard InChI is InChI=1S/C12H19N3O2/c1-3-17-11-5-4-9(6-8(11)2)10(13)7-12(16)15-14/h4-6,10H,3,7,13-14H2,1-2H3,(H,15,16). The van der Waals surface area contributed by atoms with Crippen LogP contribution in [-0.2, 0) is 4.79 Å². The second kappa shape index (κ2) is 6.22. The molecule has 1 unspecified atom stereocenters. The van der Waals surface area contributed by atoms with Gasteiger partial charge in [-0.15, -0.1) is 0 Å². The molecular formula is C12H19N3O2. The highest BCUT2D eigenvalue weighted by Gasteiger charge is 2.12. The number of hydrazine groups is 1. The molecule has 0 aliphatic rings. The minimum absolute atomic E-state index is 0.171. The Labute approximate surface area is 101 Å². The van der Waals surface area contributed by atoms with E-state index in [-0.39, 0.29) is 18.4 Å². The van der Waals surface area contributed by atoms with Crippen LogP contribution < -0.4 is 21.7 Å². The van der Waals surface area contributed by atoms with E-state index in [0.717, 1.165) is 16.9 Å². The summed E-state index contributed by atoms with van der Waals surface area (Å²) in [4.78, 5) is 11.1. The summed E-state index contributed by atoms with van der Waals surface area (Å²) in [6, 6.07) is 5.31. The fourth-order valence-electron chi connectivity index (χ4n) is 1.60. The van der Waals surface area contributed by atoms with Gasteiger partial charge in [-0.05, 0) is 31.0 Å². The Hall–Kier alpha value is -1.59. The molecule has 94 valence electrons. The molecule has 1 aromatic carbocycles.